The van der Waals surface area contributed by atoms with Crippen molar-refractivity contribution < 1.29 is 0 Å². The van der Waals surface area contributed by atoms with Gasteiger partial charge in [0.1, 0.15) is 0 Å². The van der Waals surface area contributed by atoms with E-state index in [-0.39, 0.29) is 0 Å². The van der Waals surface area contributed by atoms with Crippen molar-refractivity contribution in [1.29, 1.82) is 0 Å². The number of hydrogen-bond acceptors (Lipinski definition) is 0. The summed E-state index contributed by atoms with van der Waals surface area (Å²) in [7, 11) is 0. The van der Waals surface area contributed by atoms with Gasteiger partial charge in [0.15, 0.2) is 0 Å². The van der Waals surface area contributed by atoms with E-state index in [1.54, 1.807) is 12.1 Å². The molecule has 1 aromatic rings. The van der Waals surface area contributed by atoms with Gasteiger partial charge in [-0.15, -0.1) is 33.2 Å². The normalized spacial score (nSPS) is 11.5. The van der Waals surface area contributed by atoms with Crippen LogP contribution in [-0.2, 0) is 0 Å². The number of rotatable bonds is 1. The third-order valence-corrected chi connectivity index (χ3v) is 3.77. The molecule has 0 N–H and O–H groups in total. The average Bonchev–Trinajstić information content (AvgIpc) is 1.88. The summed E-state index contributed by atoms with van der Waals surface area (Å²) in [5, 5.41) is 0.708. The van der Waals surface area contributed by atoms with E-state index in [0.29, 0.717) is 5.19 Å². The monoisotopic (exact) mass is 209 g/mol. The molecule has 0 saturated carbocycles. The van der Waals surface area contributed by atoms with Crippen molar-refractivity contribution in [3.05, 3.63) is 30.3 Å². The van der Waals surface area contributed by atoms with Crippen molar-refractivity contribution in [1.82, 2.24) is 0 Å². The first kappa shape index (κ1) is 8.40. The average molecular weight is 211 g/mol. The summed E-state index contributed by atoms with van der Waals surface area (Å²) in [6, 6.07) is 7.39. The summed E-state index contributed by atoms with van der Waals surface area (Å²) in [4.78, 5) is 0. The highest BCUT2D eigenvalue weighted by Crippen LogP contribution is 2.18. The summed E-state index contributed by atoms with van der Waals surface area (Å²) >= 11 is 17.1. The second-order valence-electron chi connectivity index (χ2n) is 1.77. The summed E-state index contributed by atoms with van der Waals surface area (Å²) < 4.78 is 0. The molecule has 0 aliphatic rings. The Morgan fingerprint density at radius 3 is 2.20 bits per heavy atom. The molecule has 1 radical (unpaired) electrons. The molecule has 0 heterocycles. The topological polar surface area (TPSA) is 0 Å². The predicted molar refractivity (Wildman–Crippen MR) is 48.2 cm³/mol. The maximum absolute atomic E-state index is 5.70. The van der Waals surface area contributed by atoms with Gasteiger partial charge in [0.25, 0.3) is 0 Å². The Kier molecular flexibility index (Phi) is 2.64. The molecule has 4 heteroatoms. The summed E-state index contributed by atoms with van der Waals surface area (Å²) in [5.74, 6) is 0. The van der Waals surface area contributed by atoms with E-state index in [1.165, 1.54) is 0 Å². The molecular weight excluding hydrogens is 207 g/mol. The summed E-state index contributed by atoms with van der Waals surface area (Å²) in [6.07, 6.45) is 0. The van der Waals surface area contributed by atoms with Crippen LogP contribution in [0, 0.1) is 6.07 Å². The molecule has 0 aliphatic carbocycles. The lowest BCUT2D eigenvalue weighted by molar-refractivity contribution is 1.75. The van der Waals surface area contributed by atoms with Crippen molar-refractivity contribution in [2.75, 3.05) is 0 Å². The number of benzene rings is 1. The molecule has 1 rings (SSSR count). The zero-order valence-electron chi connectivity index (χ0n) is 4.94. The second kappa shape index (κ2) is 3.14. The van der Waals surface area contributed by atoms with Crippen molar-refractivity contribution >= 4 is 44.4 Å². The third kappa shape index (κ3) is 2.17. The number of hydrogen-bond donors (Lipinski definition) is 0. The minimum Gasteiger partial charge on any atom is -0.121 e. The minimum atomic E-state index is -2.67. The van der Waals surface area contributed by atoms with Crippen LogP contribution < -0.4 is 5.19 Å². The van der Waals surface area contributed by atoms with Gasteiger partial charge in [0.05, 0.1) is 0 Å². The quantitative estimate of drug-likeness (QED) is 0.493. The fraction of sp³-hybridized carbons (Fsp3) is 0. The molecular formula is C6H4Cl3Si. The first-order valence-electron chi connectivity index (χ1n) is 2.64. The van der Waals surface area contributed by atoms with Gasteiger partial charge in [0, 0.05) is 0 Å². The van der Waals surface area contributed by atoms with Crippen molar-refractivity contribution in [2.24, 2.45) is 0 Å². The Bertz CT molecular complexity index is 204. The molecule has 0 aromatic heterocycles. The molecule has 0 aliphatic heterocycles. The van der Waals surface area contributed by atoms with Crippen LogP contribution >= 0.6 is 33.2 Å². The van der Waals surface area contributed by atoms with E-state index in [0.717, 1.165) is 0 Å². The van der Waals surface area contributed by atoms with Gasteiger partial charge in [-0.05, 0) is 11.3 Å². The molecule has 1 aromatic carbocycles. The second-order valence-corrected chi connectivity index (χ2v) is 10.2. The van der Waals surface area contributed by atoms with Crippen LogP contribution in [0.5, 0.6) is 0 Å². The molecule has 0 atom stereocenters. The largest absolute Gasteiger partial charge is 0.373 e. The van der Waals surface area contributed by atoms with Crippen LogP contribution in [0.1, 0.15) is 0 Å². The SMILES string of the molecule is Cl[Si](Cl)(Cl)c1[c]cccc1. The maximum Gasteiger partial charge on any atom is 0.373 e. The molecule has 0 unspecified atom stereocenters. The highest BCUT2D eigenvalue weighted by atomic mass is 35.8. The van der Waals surface area contributed by atoms with Crippen LogP contribution in [0.2, 0.25) is 0 Å². The number of halogens is 3. The predicted octanol–water partition coefficient (Wildman–Crippen LogP) is 2.35. The van der Waals surface area contributed by atoms with E-state index in [1.807, 2.05) is 12.1 Å². The summed E-state index contributed by atoms with van der Waals surface area (Å²) in [6.45, 7) is 0. The van der Waals surface area contributed by atoms with Crippen LogP contribution in [0.25, 0.3) is 0 Å². The molecule has 10 heavy (non-hydrogen) atoms. The standard InChI is InChI=1S/C6H4Cl3Si/c7-10(8,9)6-4-2-1-3-5-6/h1-4H. The van der Waals surface area contributed by atoms with Gasteiger partial charge in [-0.25, -0.2) is 0 Å². The van der Waals surface area contributed by atoms with Crippen LogP contribution in [-0.4, -0.2) is 6.00 Å². The molecule has 0 nitrogen and oxygen atoms in total. The van der Waals surface area contributed by atoms with Gasteiger partial charge >= 0.3 is 6.00 Å². The van der Waals surface area contributed by atoms with Crippen LogP contribution in [0.4, 0.5) is 0 Å². The van der Waals surface area contributed by atoms with Gasteiger partial charge < -0.3 is 0 Å². The van der Waals surface area contributed by atoms with E-state index in [2.05, 4.69) is 6.07 Å². The highest BCUT2D eigenvalue weighted by molar-refractivity contribution is 7.69. The molecule has 53 valence electrons. The lowest BCUT2D eigenvalue weighted by Gasteiger charge is -2.05. The van der Waals surface area contributed by atoms with Crippen LogP contribution in [0.3, 0.4) is 0 Å². The Balaban J connectivity index is 2.97. The first-order chi connectivity index (χ1) is 4.61. The molecule has 0 saturated heterocycles. The summed E-state index contributed by atoms with van der Waals surface area (Å²) in [5.41, 5.74) is 0. The zero-order chi connectivity index (χ0) is 7.61. The van der Waals surface area contributed by atoms with Crippen molar-refractivity contribution in [2.45, 2.75) is 0 Å². The fourth-order valence-corrected chi connectivity index (χ4v) is 2.16. The Morgan fingerprint density at radius 1 is 1.20 bits per heavy atom. The van der Waals surface area contributed by atoms with Crippen molar-refractivity contribution in [3.63, 3.8) is 0 Å². The molecule has 0 amide bonds. The lowest BCUT2D eigenvalue weighted by Crippen LogP contribution is -2.29. The first-order valence-corrected chi connectivity index (χ1v) is 7.68. The zero-order valence-corrected chi connectivity index (χ0v) is 8.21. The van der Waals surface area contributed by atoms with Crippen molar-refractivity contribution in [3.8, 4) is 0 Å². The lowest BCUT2D eigenvalue weighted by atomic mass is 10.4. The molecule has 0 bridgehead atoms. The van der Waals surface area contributed by atoms with Gasteiger partial charge in [-0.3, -0.25) is 0 Å². The van der Waals surface area contributed by atoms with E-state index < -0.39 is 6.00 Å². The highest BCUT2D eigenvalue weighted by Gasteiger charge is 2.27. The maximum atomic E-state index is 5.70. The third-order valence-electron chi connectivity index (χ3n) is 1.01. The Morgan fingerprint density at radius 2 is 1.90 bits per heavy atom. The Hall–Kier alpha value is 0.307. The minimum absolute atomic E-state index is 0.708. The fourth-order valence-electron chi connectivity index (χ4n) is 0.570. The van der Waals surface area contributed by atoms with E-state index in [9.17, 15) is 0 Å². The van der Waals surface area contributed by atoms with E-state index >= 15 is 0 Å². The molecule has 0 spiro atoms. The van der Waals surface area contributed by atoms with Crippen LogP contribution in [0.15, 0.2) is 24.3 Å². The molecule has 0 fully saturated rings. The van der Waals surface area contributed by atoms with Gasteiger partial charge in [-0.2, -0.15) is 0 Å². The Labute approximate surface area is 74.8 Å². The van der Waals surface area contributed by atoms with E-state index in [4.69, 9.17) is 33.2 Å². The van der Waals surface area contributed by atoms with Gasteiger partial charge in [0.2, 0.25) is 0 Å². The van der Waals surface area contributed by atoms with Gasteiger partial charge in [-0.1, -0.05) is 24.3 Å². The smallest absolute Gasteiger partial charge is 0.121 e.